The summed E-state index contributed by atoms with van der Waals surface area (Å²) in [5.74, 6) is -0.190. The van der Waals surface area contributed by atoms with E-state index in [4.69, 9.17) is 11.6 Å². The Morgan fingerprint density at radius 2 is 2.08 bits per heavy atom. The summed E-state index contributed by atoms with van der Waals surface area (Å²) in [6.45, 7) is 2.02. The smallest absolute Gasteiger partial charge is 0.250 e. The van der Waals surface area contributed by atoms with Crippen LogP contribution < -0.4 is 5.32 Å². The van der Waals surface area contributed by atoms with E-state index in [1.54, 1.807) is 12.3 Å². The summed E-state index contributed by atoms with van der Waals surface area (Å²) in [5.41, 5.74) is 3.28. The maximum Gasteiger partial charge on any atom is 0.250 e. The number of benzene rings is 2. The number of anilines is 1. The van der Waals surface area contributed by atoms with E-state index in [0.717, 1.165) is 33.0 Å². The van der Waals surface area contributed by atoms with Crippen molar-refractivity contribution in [2.24, 2.45) is 0 Å². The third-order valence-electron chi connectivity index (χ3n) is 3.52. The van der Waals surface area contributed by atoms with Gasteiger partial charge in [-0.05, 0) is 36.3 Å². The topological polar surface area (TPSA) is 42.0 Å². The van der Waals surface area contributed by atoms with Gasteiger partial charge in [-0.3, -0.25) is 10.1 Å². The van der Waals surface area contributed by atoms with Crippen molar-refractivity contribution in [1.82, 2.24) is 4.98 Å². The number of aryl methyl sites for hydroxylation is 1. The second kappa shape index (κ2) is 8.10. The third-order valence-corrected chi connectivity index (χ3v) is 4.67. The molecule has 0 bridgehead atoms. The van der Waals surface area contributed by atoms with Crippen molar-refractivity contribution in [2.75, 3.05) is 5.32 Å². The van der Waals surface area contributed by atoms with E-state index in [-0.39, 0.29) is 5.91 Å². The van der Waals surface area contributed by atoms with Crippen LogP contribution in [0.2, 0.25) is 5.02 Å². The Kier molecular flexibility index (Phi) is 5.64. The number of carbonyl (C=O) groups excluding carboxylic acids is 1. The lowest BCUT2D eigenvalue weighted by molar-refractivity contribution is -0.111. The molecule has 0 aliphatic rings. The third kappa shape index (κ3) is 5.28. The highest BCUT2D eigenvalue weighted by molar-refractivity contribution is 7.15. The van der Waals surface area contributed by atoms with Gasteiger partial charge < -0.3 is 0 Å². The molecule has 0 unspecified atom stereocenters. The van der Waals surface area contributed by atoms with Crippen molar-refractivity contribution in [2.45, 2.75) is 13.3 Å². The largest absolute Gasteiger partial charge is 0.298 e. The molecule has 1 heterocycles. The lowest BCUT2D eigenvalue weighted by Crippen LogP contribution is -2.07. The van der Waals surface area contributed by atoms with Gasteiger partial charge in [-0.1, -0.05) is 53.6 Å². The molecule has 0 saturated carbocycles. The average Bonchev–Trinajstić information content (AvgIpc) is 3.00. The molecule has 2 aromatic carbocycles. The van der Waals surface area contributed by atoms with Gasteiger partial charge in [0.25, 0.3) is 0 Å². The Hall–Kier alpha value is -2.43. The minimum Gasteiger partial charge on any atom is -0.298 e. The molecule has 0 atom stereocenters. The Morgan fingerprint density at radius 1 is 1.24 bits per heavy atom. The molecular weight excluding hydrogens is 352 g/mol. The number of nitrogens with one attached hydrogen (secondary N) is 1. The predicted octanol–water partition coefficient (Wildman–Crippen LogP) is 5.35. The highest BCUT2D eigenvalue weighted by atomic mass is 35.5. The molecule has 0 radical (unpaired) electrons. The lowest BCUT2D eigenvalue weighted by Gasteiger charge is -1.99. The predicted molar refractivity (Wildman–Crippen MR) is 105 cm³/mol. The summed E-state index contributed by atoms with van der Waals surface area (Å²) in [4.78, 5) is 17.4. The number of hydrogen-bond acceptors (Lipinski definition) is 3. The summed E-state index contributed by atoms with van der Waals surface area (Å²) in [7, 11) is 0. The molecule has 25 heavy (non-hydrogen) atoms. The summed E-state index contributed by atoms with van der Waals surface area (Å²) >= 11 is 7.47. The molecule has 0 fully saturated rings. The molecular formula is C20H17ClN2OS. The van der Waals surface area contributed by atoms with E-state index >= 15 is 0 Å². The number of aromatic nitrogens is 1. The van der Waals surface area contributed by atoms with Crippen LogP contribution in [0.5, 0.6) is 0 Å². The maximum absolute atomic E-state index is 12.0. The molecule has 3 nitrogen and oxygen atoms in total. The zero-order valence-corrected chi connectivity index (χ0v) is 15.3. The highest BCUT2D eigenvalue weighted by Gasteiger charge is 2.06. The van der Waals surface area contributed by atoms with Gasteiger partial charge in [-0.15, -0.1) is 11.3 Å². The van der Waals surface area contributed by atoms with Gasteiger partial charge in [0.05, 0.1) is 0 Å². The van der Waals surface area contributed by atoms with Crippen LogP contribution in [0.4, 0.5) is 5.13 Å². The van der Waals surface area contributed by atoms with Gasteiger partial charge in [0.15, 0.2) is 5.13 Å². The minimum atomic E-state index is -0.190. The highest BCUT2D eigenvalue weighted by Crippen LogP contribution is 2.22. The molecule has 126 valence electrons. The fourth-order valence-corrected chi connectivity index (χ4v) is 3.45. The van der Waals surface area contributed by atoms with E-state index < -0.39 is 0 Å². The van der Waals surface area contributed by atoms with E-state index in [2.05, 4.69) is 10.3 Å². The summed E-state index contributed by atoms with van der Waals surface area (Å²) < 4.78 is 0. The fraction of sp³-hybridized carbons (Fsp3) is 0.100. The molecule has 5 heteroatoms. The quantitative estimate of drug-likeness (QED) is 0.617. The van der Waals surface area contributed by atoms with Crippen molar-refractivity contribution in [1.29, 1.82) is 0 Å². The van der Waals surface area contributed by atoms with E-state index in [1.165, 1.54) is 17.4 Å². The van der Waals surface area contributed by atoms with Crippen LogP contribution in [0.25, 0.3) is 6.08 Å². The molecule has 0 aliphatic carbocycles. The van der Waals surface area contributed by atoms with Gasteiger partial charge in [0.2, 0.25) is 5.91 Å². The second-order valence-electron chi connectivity index (χ2n) is 5.68. The zero-order valence-electron chi connectivity index (χ0n) is 13.7. The number of halogens is 1. The van der Waals surface area contributed by atoms with Crippen molar-refractivity contribution in [3.63, 3.8) is 0 Å². The number of thiazole rings is 1. The first-order valence-electron chi connectivity index (χ1n) is 7.83. The number of rotatable bonds is 5. The van der Waals surface area contributed by atoms with Crippen LogP contribution >= 0.6 is 22.9 Å². The van der Waals surface area contributed by atoms with Gasteiger partial charge in [0, 0.05) is 28.6 Å². The molecule has 1 N–H and O–H groups in total. The van der Waals surface area contributed by atoms with Crippen molar-refractivity contribution >= 4 is 40.1 Å². The van der Waals surface area contributed by atoms with Crippen LogP contribution in [0, 0.1) is 6.92 Å². The standard InChI is InChI=1S/C20H17ClN2OS/c1-14-4-2-5-15(10-14)8-9-19(24)23-20-22-13-18(25-20)12-16-6-3-7-17(21)11-16/h2-11,13H,12H2,1H3,(H,22,23,24). The number of carbonyl (C=O) groups is 1. The van der Waals surface area contributed by atoms with Gasteiger partial charge in [0.1, 0.15) is 0 Å². The van der Waals surface area contributed by atoms with Crippen molar-refractivity contribution in [3.05, 3.63) is 87.4 Å². The van der Waals surface area contributed by atoms with Gasteiger partial charge in [-0.25, -0.2) is 4.98 Å². The van der Waals surface area contributed by atoms with Crippen molar-refractivity contribution < 1.29 is 4.79 Å². The van der Waals surface area contributed by atoms with E-state index in [1.807, 2.05) is 55.5 Å². The normalized spacial score (nSPS) is 11.0. The van der Waals surface area contributed by atoms with Crippen LogP contribution in [0.15, 0.2) is 60.8 Å². The Morgan fingerprint density at radius 3 is 2.88 bits per heavy atom. The number of amides is 1. The van der Waals surface area contributed by atoms with Gasteiger partial charge >= 0.3 is 0 Å². The minimum absolute atomic E-state index is 0.190. The van der Waals surface area contributed by atoms with Crippen LogP contribution in [-0.2, 0) is 11.2 Å². The summed E-state index contributed by atoms with van der Waals surface area (Å²) in [6.07, 6.45) is 5.84. The molecule has 0 saturated heterocycles. The SMILES string of the molecule is Cc1cccc(C=CC(=O)Nc2ncc(Cc3cccc(Cl)c3)s2)c1. The Bertz CT molecular complexity index is 917. The molecule has 3 rings (SSSR count). The van der Waals surface area contributed by atoms with Crippen molar-refractivity contribution in [3.8, 4) is 0 Å². The monoisotopic (exact) mass is 368 g/mol. The average molecular weight is 369 g/mol. The van der Waals surface area contributed by atoms with E-state index in [9.17, 15) is 4.79 Å². The molecule has 3 aromatic rings. The second-order valence-corrected chi connectivity index (χ2v) is 7.23. The summed E-state index contributed by atoms with van der Waals surface area (Å²) in [6, 6.07) is 15.7. The number of hydrogen-bond donors (Lipinski definition) is 1. The fourth-order valence-electron chi connectivity index (χ4n) is 2.39. The van der Waals surface area contributed by atoms with E-state index in [0.29, 0.717) is 5.13 Å². The number of nitrogens with zero attached hydrogens (tertiary/aromatic N) is 1. The first-order valence-corrected chi connectivity index (χ1v) is 9.03. The van der Waals surface area contributed by atoms with Crippen LogP contribution in [0.1, 0.15) is 21.6 Å². The molecule has 0 spiro atoms. The Balaban J connectivity index is 1.60. The molecule has 1 aromatic heterocycles. The summed E-state index contributed by atoms with van der Waals surface area (Å²) in [5, 5.41) is 4.11. The molecule has 1 amide bonds. The zero-order chi connectivity index (χ0) is 17.6. The van der Waals surface area contributed by atoms with Gasteiger partial charge in [-0.2, -0.15) is 0 Å². The van der Waals surface area contributed by atoms with Crippen LogP contribution in [-0.4, -0.2) is 10.9 Å². The lowest BCUT2D eigenvalue weighted by atomic mass is 10.1. The molecule has 0 aliphatic heterocycles. The first kappa shape index (κ1) is 17.4. The van der Waals surface area contributed by atoms with Crippen LogP contribution in [0.3, 0.4) is 0 Å². The Labute approximate surface area is 156 Å². The first-order chi connectivity index (χ1) is 12.1. The maximum atomic E-state index is 12.0.